The second-order valence-corrected chi connectivity index (χ2v) is 6.23. The SMILES string of the molecule is S=C(Nc1ccc(Cl)c(Br)c1)NC1CCCCC1. The van der Waals surface area contributed by atoms with E-state index >= 15 is 0 Å². The van der Waals surface area contributed by atoms with E-state index in [0.717, 1.165) is 10.2 Å². The Balaban J connectivity index is 1.88. The van der Waals surface area contributed by atoms with Crippen LogP contribution >= 0.6 is 39.7 Å². The van der Waals surface area contributed by atoms with Crippen molar-refractivity contribution < 1.29 is 0 Å². The molecule has 0 radical (unpaired) electrons. The molecule has 2 rings (SSSR count). The van der Waals surface area contributed by atoms with Crippen LogP contribution in [0.15, 0.2) is 22.7 Å². The Morgan fingerprint density at radius 3 is 2.67 bits per heavy atom. The first-order valence-corrected chi connectivity index (χ1v) is 7.75. The van der Waals surface area contributed by atoms with Gasteiger partial charge in [0.15, 0.2) is 5.11 Å². The Bertz CT molecular complexity index is 433. The van der Waals surface area contributed by atoms with Gasteiger partial charge in [0.2, 0.25) is 0 Å². The fraction of sp³-hybridized carbons (Fsp3) is 0.462. The van der Waals surface area contributed by atoms with Crippen LogP contribution in [0.25, 0.3) is 0 Å². The Labute approximate surface area is 127 Å². The van der Waals surface area contributed by atoms with E-state index in [4.69, 9.17) is 23.8 Å². The first-order chi connectivity index (χ1) is 8.65. The van der Waals surface area contributed by atoms with Gasteiger partial charge in [-0.3, -0.25) is 0 Å². The monoisotopic (exact) mass is 346 g/mol. The van der Waals surface area contributed by atoms with Crippen LogP contribution in [-0.4, -0.2) is 11.2 Å². The van der Waals surface area contributed by atoms with Gasteiger partial charge >= 0.3 is 0 Å². The Morgan fingerprint density at radius 1 is 1.28 bits per heavy atom. The van der Waals surface area contributed by atoms with Gasteiger partial charge in [0.05, 0.1) is 5.02 Å². The fourth-order valence-electron chi connectivity index (χ4n) is 2.17. The molecule has 5 heteroatoms. The maximum atomic E-state index is 5.95. The molecule has 0 atom stereocenters. The normalized spacial score (nSPS) is 16.3. The molecule has 0 spiro atoms. The summed E-state index contributed by atoms with van der Waals surface area (Å²) in [7, 11) is 0. The summed E-state index contributed by atoms with van der Waals surface area (Å²) in [6.45, 7) is 0. The zero-order chi connectivity index (χ0) is 13.0. The molecule has 1 aliphatic carbocycles. The number of rotatable bonds is 2. The van der Waals surface area contributed by atoms with Crippen molar-refractivity contribution in [1.29, 1.82) is 0 Å². The molecule has 1 saturated carbocycles. The largest absolute Gasteiger partial charge is 0.360 e. The molecule has 0 amide bonds. The van der Waals surface area contributed by atoms with Crippen LogP contribution in [0.3, 0.4) is 0 Å². The van der Waals surface area contributed by atoms with Crippen molar-refractivity contribution in [3.05, 3.63) is 27.7 Å². The third-order valence-corrected chi connectivity index (χ3v) is 4.55. The number of benzene rings is 1. The van der Waals surface area contributed by atoms with Gasteiger partial charge in [-0.2, -0.15) is 0 Å². The lowest BCUT2D eigenvalue weighted by molar-refractivity contribution is 0.415. The molecule has 1 fully saturated rings. The minimum absolute atomic E-state index is 0.523. The summed E-state index contributed by atoms with van der Waals surface area (Å²) in [5.41, 5.74) is 0.944. The fourth-order valence-corrected chi connectivity index (χ4v) is 2.95. The highest BCUT2D eigenvalue weighted by Crippen LogP contribution is 2.25. The molecule has 0 saturated heterocycles. The van der Waals surface area contributed by atoms with Crippen LogP contribution in [0.1, 0.15) is 32.1 Å². The van der Waals surface area contributed by atoms with Gasteiger partial charge in [-0.25, -0.2) is 0 Å². The van der Waals surface area contributed by atoms with Crippen molar-refractivity contribution in [2.45, 2.75) is 38.1 Å². The van der Waals surface area contributed by atoms with E-state index in [1.807, 2.05) is 18.2 Å². The zero-order valence-corrected chi connectivity index (χ0v) is 13.2. The lowest BCUT2D eigenvalue weighted by Crippen LogP contribution is -2.38. The Hall–Kier alpha value is -0.320. The molecule has 2 nitrogen and oxygen atoms in total. The molecule has 1 aromatic rings. The summed E-state index contributed by atoms with van der Waals surface area (Å²) in [4.78, 5) is 0. The predicted octanol–water partition coefficient (Wildman–Crippen LogP) is 4.72. The summed E-state index contributed by atoms with van der Waals surface area (Å²) in [5, 5.41) is 7.95. The minimum atomic E-state index is 0.523. The van der Waals surface area contributed by atoms with E-state index in [0.29, 0.717) is 16.2 Å². The van der Waals surface area contributed by atoms with Crippen LogP contribution in [0.5, 0.6) is 0 Å². The first-order valence-electron chi connectivity index (χ1n) is 6.18. The maximum absolute atomic E-state index is 5.95. The molecular weight excluding hydrogens is 332 g/mol. The van der Waals surface area contributed by atoms with E-state index in [-0.39, 0.29) is 0 Å². The maximum Gasteiger partial charge on any atom is 0.170 e. The van der Waals surface area contributed by atoms with E-state index in [9.17, 15) is 0 Å². The number of nitrogens with one attached hydrogen (secondary N) is 2. The lowest BCUT2D eigenvalue weighted by Gasteiger charge is -2.24. The molecular formula is C13H16BrClN2S. The highest BCUT2D eigenvalue weighted by molar-refractivity contribution is 9.10. The first kappa shape index (κ1) is 14.1. The Morgan fingerprint density at radius 2 is 2.00 bits per heavy atom. The number of hydrogen-bond donors (Lipinski definition) is 2. The van der Waals surface area contributed by atoms with Crippen molar-refractivity contribution in [2.75, 3.05) is 5.32 Å². The summed E-state index contributed by atoms with van der Waals surface area (Å²) >= 11 is 14.7. The van der Waals surface area contributed by atoms with E-state index in [1.54, 1.807) is 0 Å². The van der Waals surface area contributed by atoms with Gasteiger partial charge in [0, 0.05) is 16.2 Å². The summed E-state index contributed by atoms with van der Waals surface area (Å²) < 4.78 is 0.870. The average molecular weight is 348 g/mol. The molecule has 0 unspecified atom stereocenters. The number of hydrogen-bond acceptors (Lipinski definition) is 1. The molecule has 2 N–H and O–H groups in total. The zero-order valence-electron chi connectivity index (χ0n) is 10.0. The third-order valence-electron chi connectivity index (χ3n) is 3.12. The van der Waals surface area contributed by atoms with Crippen LogP contribution in [0.4, 0.5) is 5.69 Å². The number of halogens is 2. The molecule has 0 aliphatic heterocycles. The summed E-state index contributed by atoms with van der Waals surface area (Å²) in [6.07, 6.45) is 6.38. The lowest BCUT2D eigenvalue weighted by atomic mass is 9.96. The molecule has 0 heterocycles. The van der Waals surface area contributed by atoms with Gasteiger partial charge in [0.1, 0.15) is 0 Å². The summed E-state index contributed by atoms with van der Waals surface area (Å²) in [5.74, 6) is 0. The van der Waals surface area contributed by atoms with Gasteiger partial charge < -0.3 is 10.6 Å². The second kappa shape index (κ2) is 6.73. The quantitative estimate of drug-likeness (QED) is 0.757. The smallest absolute Gasteiger partial charge is 0.170 e. The standard InChI is InChI=1S/C13H16BrClN2S/c14-11-8-10(6-7-12(11)15)17-13(18)16-9-4-2-1-3-5-9/h6-9H,1-5H2,(H2,16,17,18). The second-order valence-electron chi connectivity index (χ2n) is 4.56. The van der Waals surface area contributed by atoms with E-state index in [2.05, 4.69) is 26.6 Å². The van der Waals surface area contributed by atoms with Crippen molar-refractivity contribution in [3.8, 4) is 0 Å². The molecule has 0 aromatic heterocycles. The highest BCUT2D eigenvalue weighted by atomic mass is 79.9. The van der Waals surface area contributed by atoms with Crippen molar-refractivity contribution >= 4 is 50.5 Å². The van der Waals surface area contributed by atoms with Crippen LogP contribution < -0.4 is 10.6 Å². The third kappa shape index (κ3) is 4.11. The molecule has 0 bridgehead atoms. The van der Waals surface area contributed by atoms with Gasteiger partial charge in [-0.1, -0.05) is 30.9 Å². The topological polar surface area (TPSA) is 24.1 Å². The van der Waals surface area contributed by atoms with Crippen molar-refractivity contribution in [1.82, 2.24) is 5.32 Å². The van der Waals surface area contributed by atoms with Crippen LogP contribution in [0, 0.1) is 0 Å². The average Bonchev–Trinajstić information content (AvgIpc) is 2.35. The van der Waals surface area contributed by atoms with E-state index in [1.165, 1.54) is 32.1 Å². The highest BCUT2D eigenvalue weighted by Gasteiger charge is 2.13. The van der Waals surface area contributed by atoms with Gasteiger partial charge in [0.25, 0.3) is 0 Å². The number of anilines is 1. The van der Waals surface area contributed by atoms with Crippen molar-refractivity contribution in [3.63, 3.8) is 0 Å². The molecule has 98 valence electrons. The van der Waals surface area contributed by atoms with Crippen molar-refractivity contribution in [2.24, 2.45) is 0 Å². The van der Waals surface area contributed by atoms with E-state index < -0.39 is 0 Å². The molecule has 1 aromatic carbocycles. The summed E-state index contributed by atoms with van der Waals surface area (Å²) in [6, 6.07) is 6.21. The van der Waals surface area contributed by atoms with Gasteiger partial charge in [-0.05, 0) is 59.2 Å². The molecule has 1 aliphatic rings. The predicted molar refractivity (Wildman–Crippen MR) is 85.4 cm³/mol. The molecule has 18 heavy (non-hydrogen) atoms. The Kier molecular flexibility index (Phi) is 5.27. The minimum Gasteiger partial charge on any atom is -0.360 e. The number of thiocarbonyl (C=S) groups is 1. The van der Waals surface area contributed by atoms with Crippen LogP contribution in [0.2, 0.25) is 5.02 Å². The van der Waals surface area contributed by atoms with Gasteiger partial charge in [-0.15, -0.1) is 0 Å². The van der Waals surface area contributed by atoms with Crippen LogP contribution in [-0.2, 0) is 0 Å².